The lowest BCUT2D eigenvalue weighted by Gasteiger charge is -2.12. The van der Waals surface area contributed by atoms with Gasteiger partial charge in [0.2, 0.25) is 5.91 Å². The second-order valence-corrected chi connectivity index (χ2v) is 5.21. The summed E-state index contributed by atoms with van der Waals surface area (Å²) in [6.07, 6.45) is 7.09. The van der Waals surface area contributed by atoms with Gasteiger partial charge in [-0.1, -0.05) is 0 Å². The van der Waals surface area contributed by atoms with Crippen molar-refractivity contribution in [3.05, 3.63) is 18.2 Å². The SMILES string of the molecule is Cc1nccn1CCCC(=O)NCC1(CO)CC1. The molecule has 1 aliphatic carbocycles. The highest BCUT2D eigenvalue weighted by Gasteiger charge is 2.41. The summed E-state index contributed by atoms with van der Waals surface area (Å²) in [6.45, 7) is 3.58. The predicted octanol–water partition coefficient (Wildman–Crippen LogP) is 0.860. The minimum atomic E-state index is -0.00338. The first kappa shape index (κ1) is 13.1. The largest absolute Gasteiger partial charge is 0.396 e. The number of hydrogen-bond acceptors (Lipinski definition) is 3. The second-order valence-electron chi connectivity index (χ2n) is 5.21. The van der Waals surface area contributed by atoms with Gasteiger partial charge in [-0.3, -0.25) is 4.79 Å². The first-order valence-corrected chi connectivity index (χ1v) is 6.50. The molecule has 0 atom stereocenters. The fraction of sp³-hybridized carbons (Fsp3) is 0.692. The number of carbonyl (C=O) groups is 1. The average molecular weight is 251 g/mol. The first-order valence-electron chi connectivity index (χ1n) is 6.50. The van der Waals surface area contributed by atoms with E-state index in [9.17, 15) is 4.79 Å². The van der Waals surface area contributed by atoms with Gasteiger partial charge in [0.25, 0.3) is 0 Å². The minimum Gasteiger partial charge on any atom is -0.396 e. The zero-order valence-corrected chi connectivity index (χ0v) is 10.9. The predicted molar refractivity (Wildman–Crippen MR) is 68.0 cm³/mol. The third-order valence-electron chi connectivity index (χ3n) is 3.68. The lowest BCUT2D eigenvalue weighted by Crippen LogP contribution is -2.31. The molecule has 1 aromatic heterocycles. The number of carbonyl (C=O) groups excluding carboxylic acids is 1. The molecule has 1 aromatic rings. The molecule has 100 valence electrons. The summed E-state index contributed by atoms with van der Waals surface area (Å²) in [7, 11) is 0. The summed E-state index contributed by atoms with van der Waals surface area (Å²) in [5, 5.41) is 12.0. The van der Waals surface area contributed by atoms with Crippen LogP contribution in [0.4, 0.5) is 0 Å². The van der Waals surface area contributed by atoms with E-state index in [0.717, 1.165) is 31.6 Å². The summed E-state index contributed by atoms with van der Waals surface area (Å²) >= 11 is 0. The zero-order valence-electron chi connectivity index (χ0n) is 10.9. The lowest BCUT2D eigenvalue weighted by molar-refractivity contribution is -0.121. The van der Waals surface area contributed by atoms with E-state index in [2.05, 4.69) is 10.3 Å². The van der Waals surface area contributed by atoms with E-state index in [-0.39, 0.29) is 17.9 Å². The highest BCUT2D eigenvalue weighted by atomic mass is 16.3. The molecule has 0 aliphatic heterocycles. The molecule has 18 heavy (non-hydrogen) atoms. The van der Waals surface area contributed by atoms with E-state index in [4.69, 9.17) is 5.11 Å². The Kier molecular flexibility index (Phi) is 4.01. The maximum absolute atomic E-state index is 11.6. The van der Waals surface area contributed by atoms with Crippen LogP contribution in [0.25, 0.3) is 0 Å². The van der Waals surface area contributed by atoms with Gasteiger partial charge < -0.3 is 15.0 Å². The van der Waals surface area contributed by atoms with Gasteiger partial charge in [-0.05, 0) is 26.2 Å². The Morgan fingerprint density at radius 3 is 2.94 bits per heavy atom. The first-order chi connectivity index (χ1) is 8.65. The Morgan fingerprint density at radius 1 is 1.61 bits per heavy atom. The maximum atomic E-state index is 11.6. The van der Waals surface area contributed by atoms with Crippen molar-refractivity contribution in [2.75, 3.05) is 13.2 Å². The molecule has 1 saturated carbocycles. The highest BCUT2D eigenvalue weighted by molar-refractivity contribution is 5.75. The molecule has 5 heteroatoms. The van der Waals surface area contributed by atoms with Crippen LogP contribution in [-0.2, 0) is 11.3 Å². The fourth-order valence-electron chi connectivity index (χ4n) is 1.99. The molecular formula is C13H21N3O2. The van der Waals surface area contributed by atoms with E-state index in [1.807, 2.05) is 17.7 Å². The van der Waals surface area contributed by atoms with Crippen molar-refractivity contribution in [2.24, 2.45) is 5.41 Å². The van der Waals surface area contributed by atoms with Crippen LogP contribution < -0.4 is 5.32 Å². The van der Waals surface area contributed by atoms with Crippen LogP contribution in [0.2, 0.25) is 0 Å². The van der Waals surface area contributed by atoms with Crippen molar-refractivity contribution in [1.29, 1.82) is 0 Å². The van der Waals surface area contributed by atoms with Gasteiger partial charge in [-0.25, -0.2) is 4.98 Å². The topological polar surface area (TPSA) is 67.2 Å². The van der Waals surface area contributed by atoms with Crippen LogP contribution in [-0.4, -0.2) is 33.7 Å². The summed E-state index contributed by atoms with van der Waals surface area (Å²) in [6, 6.07) is 0. The van der Waals surface area contributed by atoms with Crippen LogP contribution in [0, 0.1) is 12.3 Å². The van der Waals surface area contributed by atoms with E-state index in [1.54, 1.807) is 6.20 Å². The van der Waals surface area contributed by atoms with Crippen LogP contribution in [0.1, 0.15) is 31.5 Å². The summed E-state index contributed by atoms with van der Waals surface area (Å²) < 4.78 is 2.05. The van der Waals surface area contributed by atoms with E-state index in [0.29, 0.717) is 13.0 Å². The van der Waals surface area contributed by atoms with Crippen LogP contribution in [0.15, 0.2) is 12.4 Å². The van der Waals surface area contributed by atoms with Crippen molar-refractivity contribution in [3.8, 4) is 0 Å². The van der Waals surface area contributed by atoms with Crippen molar-refractivity contribution < 1.29 is 9.90 Å². The van der Waals surface area contributed by atoms with Gasteiger partial charge in [0, 0.05) is 37.3 Å². The average Bonchev–Trinajstić information content (AvgIpc) is 3.05. The van der Waals surface area contributed by atoms with Gasteiger partial charge in [-0.2, -0.15) is 0 Å². The Morgan fingerprint density at radius 2 is 2.39 bits per heavy atom. The van der Waals surface area contributed by atoms with Gasteiger partial charge >= 0.3 is 0 Å². The molecule has 0 aromatic carbocycles. The number of aromatic nitrogens is 2. The molecule has 2 N–H and O–H groups in total. The Balaban J connectivity index is 1.62. The monoisotopic (exact) mass is 251 g/mol. The van der Waals surface area contributed by atoms with Crippen molar-refractivity contribution in [2.45, 2.75) is 39.2 Å². The molecule has 1 fully saturated rings. The zero-order chi connectivity index (χ0) is 13.0. The molecule has 0 saturated heterocycles. The lowest BCUT2D eigenvalue weighted by atomic mass is 10.1. The van der Waals surface area contributed by atoms with Gasteiger partial charge in [0.1, 0.15) is 5.82 Å². The van der Waals surface area contributed by atoms with Crippen LogP contribution in [0.5, 0.6) is 0 Å². The number of aryl methyl sites for hydroxylation is 2. The number of amides is 1. The Bertz CT molecular complexity index is 410. The molecule has 0 unspecified atom stereocenters. The van der Waals surface area contributed by atoms with Crippen molar-refractivity contribution >= 4 is 5.91 Å². The Hall–Kier alpha value is -1.36. The number of imidazole rings is 1. The van der Waals surface area contributed by atoms with E-state index < -0.39 is 0 Å². The Labute approximate surface area is 107 Å². The molecule has 1 aliphatic rings. The summed E-state index contributed by atoms with van der Waals surface area (Å²) in [4.78, 5) is 15.8. The van der Waals surface area contributed by atoms with Crippen molar-refractivity contribution in [1.82, 2.24) is 14.9 Å². The van der Waals surface area contributed by atoms with Crippen LogP contribution >= 0.6 is 0 Å². The van der Waals surface area contributed by atoms with Crippen LogP contribution in [0.3, 0.4) is 0 Å². The number of rotatable bonds is 7. The van der Waals surface area contributed by atoms with E-state index in [1.165, 1.54) is 0 Å². The molecule has 1 heterocycles. The van der Waals surface area contributed by atoms with Gasteiger partial charge in [0.05, 0.1) is 6.61 Å². The molecule has 1 amide bonds. The fourth-order valence-corrected chi connectivity index (χ4v) is 1.99. The minimum absolute atomic E-state index is 0.00338. The number of aliphatic hydroxyl groups is 1. The smallest absolute Gasteiger partial charge is 0.220 e. The number of aliphatic hydroxyl groups excluding tert-OH is 1. The van der Waals surface area contributed by atoms with Crippen molar-refractivity contribution in [3.63, 3.8) is 0 Å². The molecular weight excluding hydrogens is 230 g/mol. The summed E-state index contributed by atoms with van der Waals surface area (Å²) in [5.74, 6) is 1.06. The quantitative estimate of drug-likeness (QED) is 0.755. The molecule has 0 spiro atoms. The number of hydrogen-bond donors (Lipinski definition) is 2. The molecule has 0 radical (unpaired) electrons. The standard InChI is InChI=1S/C13H21N3O2/c1-11-14-6-8-16(11)7-2-3-12(18)15-9-13(10-17)4-5-13/h6,8,17H,2-5,7,9-10H2,1H3,(H,15,18). The van der Waals surface area contributed by atoms with E-state index >= 15 is 0 Å². The van der Waals surface area contributed by atoms with Gasteiger partial charge in [0.15, 0.2) is 0 Å². The normalized spacial score (nSPS) is 16.6. The second kappa shape index (κ2) is 5.52. The van der Waals surface area contributed by atoms with Gasteiger partial charge in [-0.15, -0.1) is 0 Å². The summed E-state index contributed by atoms with van der Waals surface area (Å²) in [5.41, 5.74) is -0.00338. The third-order valence-corrected chi connectivity index (χ3v) is 3.68. The third kappa shape index (κ3) is 3.32. The highest BCUT2D eigenvalue weighted by Crippen LogP contribution is 2.44. The maximum Gasteiger partial charge on any atom is 0.220 e. The molecule has 0 bridgehead atoms. The number of nitrogens with zero attached hydrogens (tertiary/aromatic N) is 2. The molecule has 2 rings (SSSR count). The molecule has 5 nitrogen and oxygen atoms in total. The number of nitrogens with one attached hydrogen (secondary N) is 1.